The highest BCUT2D eigenvalue weighted by molar-refractivity contribution is 7.99. The zero-order chi connectivity index (χ0) is 11.8. The van der Waals surface area contributed by atoms with Crippen LogP contribution in [0.5, 0.6) is 0 Å². The van der Waals surface area contributed by atoms with Crippen molar-refractivity contribution in [2.45, 2.75) is 38.9 Å². The van der Waals surface area contributed by atoms with Gasteiger partial charge in [0.2, 0.25) is 0 Å². The zero-order valence-corrected chi connectivity index (χ0v) is 11.2. The predicted molar refractivity (Wildman–Crippen MR) is 69.6 cm³/mol. The van der Waals surface area contributed by atoms with Crippen LogP contribution in [0, 0.1) is 5.92 Å². The first-order valence-electron chi connectivity index (χ1n) is 5.90. The minimum absolute atomic E-state index is 0.732. The van der Waals surface area contributed by atoms with E-state index >= 15 is 0 Å². The summed E-state index contributed by atoms with van der Waals surface area (Å²) in [6.45, 7) is 8.40. The molecule has 1 N–H and O–H groups in total. The molecule has 1 aromatic rings. The van der Waals surface area contributed by atoms with E-state index in [0.717, 1.165) is 35.5 Å². The summed E-state index contributed by atoms with van der Waals surface area (Å²) < 4.78 is 0. The van der Waals surface area contributed by atoms with Gasteiger partial charge in [-0.05, 0) is 12.5 Å². The number of nitrogens with one attached hydrogen (secondary N) is 1. The van der Waals surface area contributed by atoms with Crippen LogP contribution in [-0.4, -0.2) is 22.3 Å². The summed E-state index contributed by atoms with van der Waals surface area (Å²) in [5, 5.41) is 4.15. The molecule has 4 heteroatoms. The van der Waals surface area contributed by atoms with E-state index in [9.17, 15) is 0 Å². The van der Waals surface area contributed by atoms with Crippen molar-refractivity contribution in [1.82, 2.24) is 15.3 Å². The maximum absolute atomic E-state index is 4.35. The fourth-order valence-electron chi connectivity index (χ4n) is 1.11. The second-order valence-electron chi connectivity index (χ2n) is 3.98. The number of hydrogen-bond acceptors (Lipinski definition) is 4. The largest absolute Gasteiger partial charge is 0.313 e. The molecule has 0 spiro atoms. The van der Waals surface area contributed by atoms with Crippen LogP contribution in [0.15, 0.2) is 17.6 Å². The Labute approximate surface area is 102 Å². The number of thioether (sulfide) groups is 1. The van der Waals surface area contributed by atoms with E-state index in [1.165, 1.54) is 6.42 Å². The van der Waals surface area contributed by atoms with E-state index < -0.39 is 0 Å². The fourth-order valence-corrected chi connectivity index (χ4v) is 2.04. The predicted octanol–water partition coefficient (Wildman–Crippen LogP) is 2.72. The molecule has 3 nitrogen and oxygen atoms in total. The van der Waals surface area contributed by atoms with Crippen LogP contribution in [0.2, 0.25) is 0 Å². The molecule has 0 aliphatic carbocycles. The van der Waals surface area contributed by atoms with Crippen molar-refractivity contribution >= 4 is 11.8 Å². The van der Waals surface area contributed by atoms with Gasteiger partial charge in [0.25, 0.3) is 0 Å². The zero-order valence-electron chi connectivity index (χ0n) is 10.4. The maximum Gasteiger partial charge on any atom is 0.187 e. The second-order valence-corrected chi connectivity index (χ2v) is 4.97. The van der Waals surface area contributed by atoms with Gasteiger partial charge in [-0.15, -0.1) is 0 Å². The summed E-state index contributed by atoms with van der Waals surface area (Å²) in [5.41, 5.74) is 1.15. The number of nitrogens with zero attached hydrogens (tertiary/aromatic N) is 2. The molecule has 0 bridgehead atoms. The van der Waals surface area contributed by atoms with Crippen molar-refractivity contribution in [3.8, 4) is 0 Å². The highest BCUT2D eigenvalue weighted by Crippen LogP contribution is 2.17. The van der Waals surface area contributed by atoms with Gasteiger partial charge in [-0.3, -0.25) is 0 Å². The van der Waals surface area contributed by atoms with Gasteiger partial charge in [-0.1, -0.05) is 39.0 Å². The van der Waals surface area contributed by atoms with E-state index in [4.69, 9.17) is 0 Å². The molecule has 0 saturated heterocycles. The molecule has 0 saturated carbocycles. The second kappa shape index (κ2) is 7.63. The lowest BCUT2D eigenvalue weighted by Gasteiger charge is -2.06. The number of hydrogen-bond donors (Lipinski definition) is 1. The van der Waals surface area contributed by atoms with Crippen LogP contribution in [0.4, 0.5) is 0 Å². The molecule has 90 valence electrons. The minimum atomic E-state index is 0.732. The van der Waals surface area contributed by atoms with Crippen molar-refractivity contribution in [3.05, 3.63) is 18.0 Å². The molecular weight excluding hydrogens is 218 g/mol. The third kappa shape index (κ3) is 4.94. The van der Waals surface area contributed by atoms with Gasteiger partial charge in [0, 0.05) is 30.3 Å². The molecule has 1 heterocycles. The van der Waals surface area contributed by atoms with Crippen LogP contribution in [-0.2, 0) is 6.54 Å². The fraction of sp³-hybridized carbons (Fsp3) is 0.667. The van der Waals surface area contributed by atoms with E-state index in [1.807, 2.05) is 12.4 Å². The van der Waals surface area contributed by atoms with Crippen molar-refractivity contribution < 1.29 is 0 Å². The van der Waals surface area contributed by atoms with Crippen molar-refractivity contribution in [2.75, 3.05) is 12.3 Å². The van der Waals surface area contributed by atoms with Gasteiger partial charge < -0.3 is 5.32 Å². The standard InChI is InChI=1S/C12H21N3S/c1-4-10(3)9-16-12-14-7-11(8-15-12)6-13-5-2/h7-8,10,13H,4-6,9H2,1-3H3. The molecule has 1 unspecified atom stereocenters. The molecule has 0 aliphatic heterocycles. The van der Waals surface area contributed by atoms with E-state index in [-0.39, 0.29) is 0 Å². The molecule has 0 aliphatic rings. The van der Waals surface area contributed by atoms with Gasteiger partial charge in [0.05, 0.1) is 0 Å². The highest BCUT2D eigenvalue weighted by Gasteiger charge is 2.02. The Balaban J connectivity index is 2.38. The summed E-state index contributed by atoms with van der Waals surface area (Å²) in [4.78, 5) is 8.70. The first-order valence-corrected chi connectivity index (χ1v) is 6.89. The summed E-state index contributed by atoms with van der Waals surface area (Å²) >= 11 is 1.74. The Hall–Kier alpha value is -0.610. The number of aromatic nitrogens is 2. The van der Waals surface area contributed by atoms with E-state index in [2.05, 4.69) is 36.1 Å². The molecule has 1 atom stereocenters. The molecule has 1 rings (SSSR count). The Morgan fingerprint density at radius 3 is 2.56 bits per heavy atom. The van der Waals surface area contributed by atoms with Crippen LogP contribution < -0.4 is 5.32 Å². The lowest BCUT2D eigenvalue weighted by molar-refractivity contribution is 0.635. The van der Waals surface area contributed by atoms with Gasteiger partial charge in [0.15, 0.2) is 5.16 Å². The Kier molecular flexibility index (Phi) is 6.42. The summed E-state index contributed by atoms with van der Waals surface area (Å²) in [7, 11) is 0. The molecular formula is C12H21N3S. The van der Waals surface area contributed by atoms with Gasteiger partial charge in [0.1, 0.15) is 0 Å². The monoisotopic (exact) mass is 239 g/mol. The lowest BCUT2D eigenvalue weighted by atomic mass is 10.2. The molecule has 0 fully saturated rings. The molecule has 0 radical (unpaired) electrons. The van der Waals surface area contributed by atoms with Crippen LogP contribution in [0.3, 0.4) is 0 Å². The maximum atomic E-state index is 4.35. The molecule has 16 heavy (non-hydrogen) atoms. The third-order valence-electron chi connectivity index (χ3n) is 2.45. The van der Waals surface area contributed by atoms with E-state index in [1.54, 1.807) is 11.8 Å². The van der Waals surface area contributed by atoms with Gasteiger partial charge in [-0.25, -0.2) is 9.97 Å². The van der Waals surface area contributed by atoms with Gasteiger partial charge >= 0.3 is 0 Å². The van der Waals surface area contributed by atoms with E-state index in [0.29, 0.717) is 0 Å². The first-order chi connectivity index (χ1) is 7.76. The molecule has 0 amide bonds. The number of rotatable bonds is 7. The Morgan fingerprint density at radius 1 is 1.31 bits per heavy atom. The summed E-state index contributed by atoms with van der Waals surface area (Å²) in [5.74, 6) is 1.83. The normalized spacial score (nSPS) is 12.7. The summed E-state index contributed by atoms with van der Waals surface area (Å²) in [6, 6.07) is 0. The quantitative estimate of drug-likeness (QED) is 0.586. The van der Waals surface area contributed by atoms with Crippen molar-refractivity contribution in [3.63, 3.8) is 0 Å². The summed E-state index contributed by atoms with van der Waals surface area (Å²) in [6.07, 6.45) is 5.04. The van der Waals surface area contributed by atoms with Crippen LogP contribution in [0.25, 0.3) is 0 Å². The molecule has 1 aromatic heterocycles. The minimum Gasteiger partial charge on any atom is -0.313 e. The van der Waals surface area contributed by atoms with Crippen molar-refractivity contribution in [1.29, 1.82) is 0 Å². The van der Waals surface area contributed by atoms with Crippen LogP contribution in [0.1, 0.15) is 32.8 Å². The topological polar surface area (TPSA) is 37.8 Å². The van der Waals surface area contributed by atoms with Gasteiger partial charge in [-0.2, -0.15) is 0 Å². The highest BCUT2D eigenvalue weighted by atomic mass is 32.2. The average molecular weight is 239 g/mol. The Bertz CT molecular complexity index is 287. The van der Waals surface area contributed by atoms with Crippen molar-refractivity contribution in [2.24, 2.45) is 5.92 Å². The Morgan fingerprint density at radius 2 is 2.00 bits per heavy atom. The lowest BCUT2D eigenvalue weighted by Crippen LogP contribution is -2.12. The van der Waals surface area contributed by atoms with Crippen LogP contribution >= 0.6 is 11.8 Å². The first kappa shape index (κ1) is 13.5. The average Bonchev–Trinajstić information content (AvgIpc) is 2.34. The molecule has 0 aromatic carbocycles. The smallest absolute Gasteiger partial charge is 0.187 e. The third-order valence-corrected chi connectivity index (χ3v) is 3.66. The SMILES string of the molecule is CCNCc1cnc(SCC(C)CC)nc1.